The predicted molar refractivity (Wildman–Crippen MR) is 85.1 cm³/mol. The largest absolute Gasteiger partial charge is 0.333 e. The minimum atomic E-state index is -0.399. The molecule has 1 aromatic rings. The van der Waals surface area contributed by atoms with Crippen LogP contribution >= 0.6 is 11.6 Å². The monoisotopic (exact) mass is 319 g/mol. The normalized spacial score (nSPS) is 22.1. The molecular formula is C16H18ClN3O2. The highest BCUT2D eigenvalue weighted by molar-refractivity contribution is 6.31. The van der Waals surface area contributed by atoms with Gasteiger partial charge in [0.25, 0.3) is 5.91 Å². The van der Waals surface area contributed by atoms with Gasteiger partial charge in [0.2, 0.25) is 0 Å². The Morgan fingerprint density at radius 3 is 2.77 bits per heavy atom. The minimum absolute atomic E-state index is 0.197. The van der Waals surface area contributed by atoms with E-state index < -0.39 is 6.04 Å². The van der Waals surface area contributed by atoms with Crippen molar-refractivity contribution in [2.45, 2.75) is 39.2 Å². The van der Waals surface area contributed by atoms with Crippen molar-refractivity contribution < 1.29 is 9.59 Å². The number of fused-ring (bicyclic) bond motifs is 1. The Labute approximate surface area is 134 Å². The fourth-order valence-corrected chi connectivity index (χ4v) is 3.20. The van der Waals surface area contributed by atoms with E-state index in [-0.39, 0.29) is 11.9 Å². The van der Waals surface area contributed by atoms with E-state index in [1.54, 1.807) is 24.8 Å². The molecule has 1 atom stereocenters. The highest BCUT2D eigenvalue weighted by Crippen LogP contribution is 2.33. The zero-order valence-corrected chi connectivity index (χ0v) is 13.5. The summed E-state index contributed by atoms with van der Waals surface area (Å²) in [6.45, 7) is 8.08. The van der Waals surface area contributed by atoms with Gasteiger partial charge in [-0.3, -0.25) is 4.79 Å². The van der Waals surface area contributed by atoms with Gasteiger partial charge in [0, 0.05) is 6.54 Å². The van der Waals surface area contributed by atoms with E-state index in [1.165, 1.54) is 4.90 Å². The molecule has 0 saturated carbocycles. The van der Waals surface area contributed by atoms with E-state index in [4.69, 9.17) is 11.6 Å². The third-order valence-electron chi connectivity index (χ3n) is 4.32. The third kappa shape index (κ3) is 2.29. The molecule has 0 radical (unpaired) electrons. The summed E-state index contributed by atoms with van der Waals surface area (Å²) in [5.41, 5.74) is 2.43. The first kappa shape index (κ1) is 15.0. The van der Waals surface area contributed by atoms with Crippen LogP contribution in [0.2, 0.25) is 5.02 Å². The van der Waals surface area contributed by atoms with Crippen LogP contribution in [0, 0.1) is 13.8 Å². The maximum absolute atomic E-state index is 12.7. The van der Waals surface area contributed by atoms with Gasteiger partial charge in [-0.05, 0) is 44.7 Å². The summed E-state index contributed by atoms with van der Waals surface area (Å²) in [5.74, 6) is 0.195. The van der Waals surface area contributed by atoms with Crippen molar-refractivity contribution in [3.05, 3.63) is 34.5 Å². The smallest absolute Gasteiger partial charge is 0.312 e. The number of urea groups is 1. The molecule has 0 aromatic carbocycles. The Balaban J connectivity index is 2.00. The Kier molecular flexibility index (Phi) is 3.68. The molecule has 22 heavy (non-hydrogen) atoms. The first-order valence-electron chi connectivity index (χ1n) is 7.35. The first-order valence-corrected chi connectivity index (χ1v) is 7.73. The lowest BCUT2D eigenvalue weighted by molar-refractivity contribution is -0.119. The van der Waals surface area contributed by atoms with Crippen LogP contribution in [0.4, 0.5) is 10.6 Å². The summed E-state index contributed by atoms with van der Waals surface area (Å²) < 4.78 is 0. The van der Waals surface area contributed by atoms with Gasteiger partial charge >= 0.3 is 6.03 Å². The van der Waals surface area contributed by atoms with Gasteiger partial charge in [-0.25, -0.2) is 14.7 Å². The number of pyridine rings is 1. The van der Waals surface area contributed by atoms with E-state index in [9.17, 15) is 9.59 Å². The predicted octanol–water partition coefficient (Wildman–Crippen LogP) is 3.23. The number of hydrogen-bond donors (Lipinski definition) is 0. The molecule has 6 heteroatoms. The summed E-state index contributed by atoms with van der Waals surface area (Å²) in [5, 5.41) is 0.533. The number of anilines is 1. The molecule has 3 amide bonds. The molecule has 1 aromatic heterocycles. The van der Waals surface area contributed by atoms with Gasteiger partial charge in [0.1, 0.15) is 11.9 Å². The first-order chi connectivity index (χ1) is 10.4. The molecule has 3 rings (SSSR count). The summed E-state index contributed by atoms with van der Waals surface area (Å²) in [7, 11) is 0. The van der Waals surface area contributed by atoms with Crippen molar-refractivity contribution in [3.8, 4) is 0 Å². The van der Waals surface area contributed by atoms with Crippen molar-refractivity contribution in [3.63, 3.8) is 0 Å². The SMILES string of the molecule is C=C1CCC2C(=O)N(c3nc(C)c(Cl)cc3C)C(=O)N2CC1. The van der Waals surface area contributed by atoms with E-state index in [1.807, 2.05) is 0 Å². The van der Waals surface area contributed by atoms with Crippen molar-refractivity contribution in [1.82, 2.24) is 9.88 Å². The van der Waals surface area contributed by atoms with Crippen LogP contribution in [-0.2, 0) is 4.79 Å². The number of aryl methyl sites for hydroxylation is 2. The third-order valence-corrected chi connectivity index (χ3v) is 4.71. The van der Waals surface area contributed by atoms with Crippen LogP contribution in [0.5, 0.6) is 0 Å². The van der Waals surface area contributed by atoms with Gasteiger partial charge in [-0.1, -0.05) is 23.8 Å². The zero-order valence-electron chi connectivity index (χ0n) is 12.7. The van der Waals surface area contributed by atoms with Crippen molar-refractivity contribution in [1.29, 1.82) is 0 Å². The number of halogens is 1. The van der Waals surface area contributed by atoms with Crippen LogP contribution in [0.3, 0.4) is 0 Å². The molecule has 1 unspecified atom stereocenters. The van der Waals surface area contributed by atoms with Crippen molar-refractivity contribution >= 4 is 29.4 Å². The van der Waals surface area contributed by atoms with Gasteiger partial charge in [0.05, 0.1) is 10.7 Å². The van der Waals surface area contributed by atoms with E-state index in [0.29, 0.717) is 29.5 Å². The molecular weight excluding hydrogens is 302 g/mol. The molecule has 3 heterocycles. The fraction of sp³-hybridized carbons (Fsp3) is 0.438. The number of nitrogens with zero attached hydrogens (tertiary/aromatic N) is 3. The molecule has 0 N–H and O–H groups in total. The lowest BCUT2D eigenvalue weighted by Gasteiger charge is -2.19. The van der Waals surface area contributed by atoms with Crippen LogP contribution < -0.4 is 4.90 Å². The number of imide groups is 1. The Hall–Kier alpha value is -1.88. The maximum Gasteiger partial charge on any atom is 0.333 e. The topological polar surface area (TPSA) is 53.5 Å². The van der Waals surface area contributed by atoms with Crippen LogP contribution in [0.25, 0.3) is 0 Å². The van der Waals surface area contributed by atoms with Gasteiger partial charge in [-0.15, -0.1) is 0 Å². The molecule has 2 fully saturated rings. The second-order valence-corrected chi connectivity index (χ2v) is 6.31. The summed E-state index contributed by atoms with van der Waals surface area (Å²) >= 11 is 6.05. The van der Waals surface area contributed by atoms with E-state index in [2.05, 4.69) is 11.6 Å². The lowest BCUT2D eigenvalue weighted by Crippen LogP contribution is -2.35. The van der Waals surface area contributed by atoms with E-state index in [0.717, 1.165) is 24.0 Å². The average Bonchev–Trinajstić information content (AvgIpc) is 2.61. The van der Waals surface area contributed by atoms with Crippen LogP contribution in [0.1, 0.15) is 30.5 Å². The molecule has 0 spiro atoms. The second kappa shape index (κ2) is 5.39. The second-order valence-electron chi connectivity index (χ2n) is 5.90. The van der Waals surface area contributed by atoms with Crippen molar-refractivity contribution in [2.75, 3.05) is 11.4 Å². The van der Waals surface area contributed by atoms with Crippen molar-refractivity contribution in [2.24, 2.45) is 0 Å². The molecule has 5 nitrogen and oxygen atoms in total. The maximum atomic E-state index is 12.7. The van der Waals surface area contributed by atoms with Gasteiger partial charge < -0.3 is 4.90 Å². The summed E-state index contributed by atoms with van der Waals surface area (Å²) in [6, 6.07) is 1.05. The summed E-state index contributed by atoms with van der Waals surface area (Å²) in [4.78, 5) is 32.6. The fourth-order valence-electron chi connectivity index (χ4n) is 2.99. The number of carbonyl (C=O) groups is 2. The number of hydrogen-bond acceptors (Lipinski definition) is 3. The van der Waals surface area contributed by atoms with Gasteiger partial charge in [-0.2, -0.15) is 0 Å². The lowest BCUT2D eigenvalue weighted by atomic mass is 10.1. The highest BCUT2D eigenvalue weighted by Gasteiger charge is 2.47. The molecule has 2 aliphatic rings. The number of aromatic nitrogens is 1. The Morgan fingerprint density at radius 1 is 1.32 bits per heavy atom. The molecule has 0 bridgehead atoms. The average molecular weight is 320 g/mol. The molecule has 0 aliphatic carbocycles. The van der Waals surface area contributed by atoms with E-state index >= 15 is 0 Å². The summed E-state index contributed by atoms with van der Waals surface area (Å²) in [6.07, 6.45) is 2.15. The minimum Gasteiger partial charge on any atom is -0.312 e. The molecule has 116 valence electrons. The standard InChI is InChI=1S/C16H18ClN3O2/c1-9-4-5-13-15(21)20(16(22)19(13)7-6-9)14-10(2)8-12(17)11(3)18-14/h8,13H,1,4-7H2,2-3H3. The highest BCUT2D eigenvalue weighted by atomic mass is 35.5. The van der Waals surface area contributed by atoms with Crippen LogP contribution in [-0.4, -0.2) is 34.4 Å². The zero-order chi connectivity index (χ0) is 16.0. The number of carbonyl (C=O) groups excluding carboxylic acids is 2. The Bertz CT molecular complexity index is 658. The van der Waals surface area contributed by atoms with Crippen LogP contribution in [0.15, 0.2) is 18.2 Å². The van der Waals surface area contributed by atoms with Gasteiger partial charge in [0.15, 0.2) is 0 Å². The Morgan fingerprint density at radius 2 is 2.05 bits per heavy atom. The molecule has 2 aliphatic heterocycles. The molecule has 2 saturated heterocycles. The number of amides is 3. The quantitative estimate of drug-likeness (QED) is 0.590. The number of rotatable bonds is 1.